The van der Waals surface area contributed by atoms with E-state index in [-0.39, 0.29) is 48.4 Å². The second-order valence-electron chi connectivity index (χ2n) is 12.5. The second-order valence-corrected chi connectivity index (χ2v) is 12.5. The number of rotatable bonds is 14. The number of nitrogens with one attached hydrogen (secondary N) is 1. The largest absolute Gasteiger partial charge is 0.491 e. The molecule has 1 saturated carbocycles. The molecule has 0 radical (unpaired) electrons. The van der Waals surface area contributed by atoms with E-state index >= 15 is 0 Å². The third-order valence-corrected chi connectivity index (χ3v) is 9.75. The molecule has 6 rings (SSSR count). The number of hydrogen-bond acceptors (Lipinski definition) is 10. The molecule has 47 heavy (non-hydrogen) atoms. The minimum atomic E-state index is -0.496. The van der Waals surface area contributed by atoms with Crippen molar-refractivity contribution in [1.82, 2.24) is 20.1 Å². The number of nitro groups is 1. The molecule has 1 aromatic heterocycles. The van der Waals surface area contributed by atoms with Gasteiger partial charge in [0.2, 0.25) is 5.52 Å². The number of anilines is 1. The van der Waals surface area contributed by atoms with Gasteiger partial charge in [-0.3, -0.25) is 15.0 Å². The lowest BCUT2D eigenvalue weighted by Crippen LogP contribution is -2.50. The number of halogens is 3. The average Bonchev–Trinajstić information content (AvgIpc) is 3.56. The van der Waals surface area contributed by atoms with E-state index in [1.54, 1.807) is 6.07 Å². The molecule has 3 aliphatic rings. The molecule has 1 unspecified atom stereocenters. The van der Waals surface area contributed by atoms with Gasteiger partial charge in [-0.15, -0.1) is 37.2 Å². The fourth-order valence-electron chi connectivity index (χ4n) is 7.42. The second kappa shape index (κ2) is 19.6. The Morgan fingerprint density at radius 2 is 1.70 bits per heavy atom. The van der Waals surface area contributed by atoms with Crippen LogP contribution in [-0.4, -0.2) is 90.2 Å². The van der Waals surface area contributed by atoms with Crippen molar-refractivity contribution in [1.29, 1.82) is 0 Å². The topological polar surface area (TPSA) is 119 Å². The average molecular weight is 716 g/mol. The van der Waals surface area contributed by atoms with Crippen LogP contribution in [-0.2, 0) is 11.2 Å². The van der Waals surface area contributed by atoms with E-state index in [1.165, 1.54) is 108 Å². The lowest BCUT2D eigenvalue weighted by molar-refractivity contribution is -0.383. The first-order valence-electron chi connectivity index (χ1n) is 16.6. The number of aromatic nitrogens is 2. The molecule has 1 atom stereocenters. The maximum Gasteiger partial charge on any atom is 0.300 e. The van der Waals surface area contributed by atoms with E-state index in [0.717, 1.165) is 18.2 Å². The lowest BCUT2D eigenvalue weighted by Gasteiger charge is -2.41. The van der Waals surface area contributed by atoms with E-state index in [4.69, 9.17) is 14.1 Å². The highest BCUT2D eigenvalue weighted by atomic mass is 35.5. The van der Waals surface area contributed by atoms with Crippen molar-refractivity contribution in [2.45, 2.75) is 76.2 Å². The van der Waals surface area contributed by atoms with Crippen LogP contribution >= 0.6 is 37.2 Å². The van der Waals surface area contributed by atoms with Gasteiger partial charge in [-0.05, 0) is 91.0 Å². The zero-order valence-electron chi connectivity index (χ0n) is 27.0. The van der Waals surface area contributed by atoms with Gasteiger partial charge in [0, 0.05) is 44.8 Å². The molecule has 262 valence electrons. The van der Waals surface area contributed by atoms with E-state index < -0.39 is 4.92 Å². The maximum atomic E-state index is 11.2. The number of benzene rings is 2. The first kappa shape index (κ1) is 39.0. The van der Waals surface area contributed by atoms with Crippen molar-refractivity contribution >= 4 is 59.6 Å². The highest BCUT2D eigenvalue weighted by molar-refractivity contribution is 5.93. The Kier molecular flexibility index (Phi) is 16.2. The monoisotopic (exact) mass is 714 g/mol. The number of piperazine rings is 1. The fraction of sp³-hybridized carbons (Fsp3) is 0.636. The minimum Gasteiger partial charge on any atom is -0.491 e. The summed E-state index contributed by atoms with van der Waals surface area (Å²) in [5.74, 6) is 1.62. The number of non-ortho nitro benzene ring substituents is 1. The molecule has 3 aromatic rings. The molecule has 1 N–H and O–H groups in total. The molecule has 0 bridgehead atoms. The normalized spacial score (nSPS) is 18.8. The van der Waals surface area contributed by atoms with Crippen molar-refractivity contribution in [3.63, 3.8) is 0 Å². The van der Waals surface area contributed by atoms with Crippen LogP contribution in [0.25, 0.3) is 11.0 Å². The zero-order valence-corrected chi connectivity index (χ0v) is 29.4. The molecule has 2 heterocycles. The SMILES string of the molecule is Cl.Cl.Cl.O=[N+]([O-])c1ccc(NCCOCCOc2cccc3c2CCCC3CCCN2CCN(C3CCCCC3)CC2)c2nonc12. The van der Waals surface area contributed by atoms with Crippen LogP contribution in [0.15, 0.2) is 35.0 Å². The van der Waals surface area contributed by atoms with Gasteiger partial charge < -0.3 is 19.7 Å². The van der Waals surface area contributed by atoms with Gasteiger partial charge in [0.25, 0.3) is 0 Å². The van der Waals surface area contributed by atoms with Crippen LogP contribution in [0.3, 0.4) is 0 Å². The Morgan fingerprint density at radius 3 is 2.49 bits per heavy atom. The minimum absolute atomic E-state index is 0. The fourth-order valence-corrected chi connectivity index (χ4v) is 7.42. The van der Waals surface area contributed by atoms with Crippen LogP contribution in [0.1, 0.15) is 74.8 Å². The maximum absolute atomic E-state index is 11.2. The predicted octanol–water partition coefficient (Wildman–Crippen LogP) is 7.05. The molecule has 2 aromatic carbocycles. The number of fused-ring (bicyclic) bond motifs is 2. The van der Waals surface area contributed by atoms with Gasteiger partial charge in [0.15, 0.2) is 5.52 Å². The first-order valence-corrected chi connectivity index (χ1v) is 16.6. The van der Waals surface area contributed by atoms with E-state index in [0.29, 0.717) is 43.5 Å². The Balaban J connectivity index is 0.00000200. The summed E-state index contributed by atoms with van der Waals surface area (Å²) in [7, 11) is 0. The van der Waals surface area contributed by atoms with Crippen molar-refractivity contribution in [3.8, 4) is 5.75 Å². The Hall–Kier alpha value is -2.41. The molecular formula is C33H49Cl3N6O5. The summed E-state index contributed by atoms with van der Waals surface area (Å²) in [6.45, 7) is 8.12. The number of hydrogen-bond donors (Lipinski definition) is 1. The third kappa shape index (κ3) is 10.1. The summed E-state index contributed by atoms with van der Waals surface area (Å²) in [5.41, 5.74) is 3.82. The first-order chi connectivity index (χ1) is 21.7. The number of nitro benzene ring substituents is 1. The molecule has 1 saturated heterocycles. The van der Waals surface area contributed by atoms with Gasteiger partial charge >= 0.3 is 5.69 Å². The summed E-state index contributed by atoms with van der Waals surface area (Å²) in [4.78, 5) is 16.1. The summed E-state index contributed by atoms with van der Waals surface area (Å²) < 4.78 is 16.7. The molecule has 14 heteroatoms. The highest BCUT2D eigenvalue weighted by Crippen LogP contribution is 2.39. The highest BCUT2D eigenvalue weighted by Gasteiger charge is 2.26. The number of ether oxygens (including phenoxy) is 2. The molecule has 0 spiro atoms. The summed E-state index contributed by atoms with van der Waals surface area (Å²) in [6, 6.07) is 10.4. The number of nitrogens with zero attached hydrogens (tertiary/aromatic N) is 5. The van der Waals surface area contributed by atoms with Crippen LogP contribution in [0.4, 0.5) is 11.4 Å². The molecule has 1 aliphatic heterocycles. The molecule has 2 fully saturated rings. The van der Waals surface area contributed by atoms with Crippen LogP contribution in [0.2, 0.25) is 0 Å². The molecule has 11 nitrogen and oxygen atoms in total. The summed E-state index contributed by atoms with van der Waals surface area (Å²) >= 11 is 0. The molecular weight excluding hydrogens is 667 g/mol. The quantitative estimate of drug-likeness (QED) is 0.106. The smallest absolute Gasteiger partial charge is 0.300 e. The zero-order chi connectivity index (χ0) is 30.1. The van der Waals surface area contributed by atoms with Crippen molar-refractivity contribution in [2.75, 3.05) is 64.4 Å². The van der Waals surface area contributed by atoms with E-state index in [2.05, 4.69) is 43.6 Å². The Bertz CT molecular complexity index is 1380. The van der Waals surface area contributed by atoms with Crippen LogP contribution in [0.5, 0.6) is 5.75 Å². The predicted molar refractivity (Wildman–Crippen MR) is 191 cm³/mol. The lowest BCUT2D eigenvalue weighted by atomic mass is 9.80. The van der Waals surface area contributed by atoms with Crippen molar-refractivity contribution in [3.05, 3.63) is 51.6 Å². The van der Waals surface area contributed by atoms with Gasteiger partial charge in [-0.25, -0.2) is 4.63 Å². The molecule has 0 amide bonds. The van der Waals surface area contributed by atoms with Crippen molar-refractivity contribution < 1.29 is 19.0 Å². The van der Waals surface area contributed by atoms with Gasteiger partial charge in [-0.1, -0.05) is 31.4 Å². The molecule has 2 aliphatic carbocycles. The van der Waals surface area contributed by atoms with Gasteiger partial charge in [0.1, 0.15) is 12.4 Å². The van der Waals surface area contributed by atoms with Crippen LogP contribution < -0.4 is 10.1 Å². The summed E-state index contributed by atoms with van der Waals surface area (Å²) in [5, 5.41) is 21.8. The van der Waals surface area contributed by atoms with E-state index in [1.807, 2.05) is 0 Å². The van der Waals surface area contributed by atoms with E-state index in [9.17, 15) is 10.1 Å². The van der Waals surface area contributed by atoms with Crippen LogP contribution in [0, 0.1) is 10.1 Å². The standard InChI is InChI=1S/C33H46N6O5.3ClH/c40-39(41)30-15-14-29(32-33(30)36-44-35-32)34-16-22-42-23-24-43-31-13-5-11-27-25(7-4-12-28(27)31)8-6-17-37-18-20-38(21-19-37)26-9-2-1-3-10-26;;;/h5,11,13-15,25-26,34H,1-4,6-10,12,16-24H2;3*1H. The third-order valence-electron chi connectivity index (χ3n) is 9.75. The Morgan fingerprint density at radius 1 is 0.915 bits per heavy atom. The van der Waals surface area contributed by atoms with Gasteiger partial charge in [0.05, 0.1) is 23.8 Å². The van der Waals surface area contributed by atoms with Crippen molar-refractivity contribution in [2.24, 2.45) is 0 Å². The summed E-state index contributed by atoms with van der Waals surface area (Å²) in [6.07, 6.45) is 13.2. The van der Waals surface area contributed by atoms with Gasteiger partial charge in [-0.2, -0.15) is 0 Å². The Labute approximate surface area is 295 Å².